The van der Waals surface area contributed by atoms with E-state index in [1.807, 2.05) is 13.8 Å². The smallest absolute Gasteiger partial charge is 0.232 e. The second-order valence-electron chi connectivity index (χ2n) is 4.60. The Bertz CT molecular complexity index is 287. The van der Waals surface area contributed by atoms with E-state index < -0.39 is 9.05 Å². The molecule has 0 heterocycles. The molecule has 0 spiro atoms. The summed E-state index contributed by atoms with van der Waals surface area (Å²) in [5.41, 5.74) is -0.207. The predicted molar refractivity (Wildman–Crippen MR) is 65.3 cm³/mol. The van der Waals surface area contributed by atoms with Gasteiger partial charge in [0.2, 0.25) is 9.05 Å². The maximum absolute atomic E-state index is 10.8. The third-order valence-corrected chi connectivity index (χ3v) is 3.63. The molecule has 0 aliphatic rings. The first-order valence-corrected chi connectivity index (χ1v) is 7.69. The molecule has 0 N–H and O–H groups in total. The number of halogens is 1. The minimum absolute atomic E-state index is 0.0533. The molecule has 4 nitrogen and oxygen atoms in total. The van der Waals surface area contributed by atoms with Gasteiger partial charge in [0.15, 0.2) is 0 Å². The standard InChI is InChI=1S/C10H21ClO4S/c1-9(8-16(11,12)13)7-15-6-5-10(2,3)14-4/h9H,5-8H2,1-4H3. The summed E-state index contributed by atoms with van der Waals surface area (Å²) in [6, 6.07) is 0. The van der Waals surface area contributed by atoms with Gasteiger partial charge in [0.25, 0.3) is 0 Å². The number of hydrogen-bond donors (Lipinski definition) is 0. The lowest BCUT2D eigenvalue weighted by atomic mass is 10.1. The van der Waals surface area contributed by atoms with Crippen LogP contribution in [0.4, 0.5) is 0 Å². The first kappa shape index (κ1) is 16.2. The van der Waals surface area contributed by atoms with Gasteiger partial charge in [-0.3, -0.25) is 0 Å². The van der Waals surface area contributed by atoms with Crippen molar-refractivity contribution in [3.63, 3.8) is 0 Å². The molecule has 0 saturated heterocycles. The molecule has 0 rings (SSSR count). The van der Waals surface area contributed by atoms with Gasteiger partial charge in [0, 0.05) is 24.4 Å². The molecule has 0 aromatic heterocycles. The van der Waals surface area contributed by atoms with E-state index in [1.54, 1.807) is 14.0 Å². The van der Waals surface area contributed by atoms with Crippen molar-refractivity contribution in [2.24, 2.45) is 5.92 Å². The van der Waals surface area contributed by atoms with Gasteiger partial charge in [-0.05, 0) is 26.2 Å². The lowest BCUT2D eigenvalue weighted by molar-refractivity contribution is -0.0128. The Morgan fingerprint density at radius 2 is 1.94 bits per heavy atom. The van der Waals surface area contributed by atoms with Crippen LogP contribution in [-0.4, -0.2) is 40.1 Å². The van der Waals surface area contributed by atoms with Gasteiger partial charge in [-0.2, -0.15) is 0 Å². The fraction of sp³-hybridized carbons (Fsp3) is 1.00. The zero-order valence-corrected chi connectivity index (χ0v) is 11.9. The second kappa shape index (κ2) is 6.79. The topological polar surface area (TPSA) is 52.6 Å². The van der Waals surface area contributed by atoms with Gasteiger partial charge in [0.05, 0.1) is 18.0 Å². The van der Waals surface area contributed by atoms with Crippen molar-refractivity contribution in [1.82, 2.24) is 0 Å². The normalized spacial score (nSPS) is 15.1. The lowest BCUT2D eigenvalue weighted by Gasteiger charge is -2.22. The summed E-state index contributed by atoms with van der Waals surface area (Å²) in [5, 5.41) is 0. The van der Waals surface area contributed by atoms with Crippen LogP contribution in [0.1, 0.15) is 27.2 Å². The summed E-state index contributed by atoms with van der Waals surface area (Å²) in [7, 11) is 3.36. The average molecular weight is 273 g/mol. The Balaban J connectivity index is 3.68. The van der Waals surface area contributed by atoms with Crippen LogP contribution in [0.2, 0.25) is 0 Å². The minimum atomic E-state index is -3.43. The van der Waals surface area contributed by atoms with Crippen LogP contribution in [0.5, 0.6) is 0 Å². The molecule has 0 fully saturated rings. The summed E-state index contributed by atoms with van der Waals surface area (Å²) < 4.78 is 32.1. The Morgan fingerprint density at radius 3 is 2.38 bits per heavy atom. The van der Waals surface area contributed by atoms with Crippen molar-refractivity contribution in [2.75, 3.05) is 26.1 Å². The summed E-state index contributed by atoms with van der Waals surface area (Å²) in [5.74, 6) is -0.143. The van der Waals surface area contributed by atoms with E-state index in [9.17, 15) is 8.42 Å². The van der Waals surface area contributed by atoms with Gasteiger partial charge in [0.1, 0.15) is 0 Å². The highest BCUT2D eigenvalue weighted by Gasteiger charge is 2.17. The molecule has 0 aromatic rings. The molecule has 1 atom stereocenters. The zero-order chi connectivity index (χ0) is 12.8. The molecule has 1 unspecified atom stereocenters. The van der Waals surface area contributed by atoms with E-state index in [1.165, 1.54) is 0 Å². The molecular formula is C10H21ClO4S. The van der Waals surface area contributed by atoms with Crippen molar-refractivity contribution in [3.8, 4) is 0 Å². The van der Waals surface area contributed by atoms with Gasteiger partial charge in [-0.25, -0.2) is 8.42 Å². The average Bonchev–Trinajstić information content (AvgIpc) is 2.10. The first-order valence-electron chi connectivity index (χ1n) is 5.21. The quantitative estimate of drug-likeness (QED) is 0.501. The van der Waals surface area contributed by atoms with Gasteiger partial charge in [-0.15, -0.1) is 0 Å². The van der Waals surface area contributed by atoms with Crippen LogP contribution < -0.4 is 0 Å². The van der Waals surface area contributed by atoms with E-state index in [-0.39, 0.29) is 17.3 Å². The molecule has 0 radical (unpaired) electrons. The molecule has 0 aliphatic heterocycles. The Labute approximate surface area is 103 Å². The van der Waals surface area contributed by atoms with E-state index in [0.29, 0.717) is 13.2 Å². The highest BCUT2D eigenvalue weighted by Crippen LogP contribution is 2.13. The SMILES string of the molecule is COC(C)(C)CCOCC(C)CS(=O)(=O)Cl. The number of rotatable bonds is 8. The van der Waals surface area contributed by atoms with E-state index in [0.717, 1.165) is 6.42 Å². The van der Waals surface area contributed by atoms with Crippen molar-refractivity contribution in [3.05, 3.63) is 0 Å². The van der Waals surface area contributed by atoms with Gasteiger partial charge < -0.3 is 9.47 Å². The van der Waals surface area contributed by atoms with E-state index in [4.69, 9.17) is 20.2 Å². The highest BCUT2D eigenvalue weighted by atomic mass is 35.7. The monoisotopic (exact) mass is 272 g/mol. The molecule has 98 valence electrons. The molecule has 0 aromatic carbocycles. The summed E-state index contributed by atoms with van der Waals surface area (Å²) in [4.78, 5) is 0. The largest absolute Gasteiger partial charge is 0.381 e. The number of methoxy groups -OCH3 is 1. The van der Waals surface area contributed by atoms with E-state index >= 15 is 0 Å². The molecule has 0 saturated carbocycles. The van der Waals surface area contributed by atoms with Crippen LogP contribution in [0.15, 0.2) is 0 Å². The van der Waals surface area contributed by atoms with E-state index in [2.05, 4.69) is 0 Å². The first-order chi connectivity index (χ1) is 7.16. The highest BCUT2D eigenvalue weighted by molar-refractivity contribution is 8.13. The Hall–Kier alpha value is 0.160. The second-order valence-corrected chi connectivity index (χ2v) is 7.42. The zero-order valence-electron chi connectivity index (χ0n) is 10.3. The van der Waals surface area contributed by atoms with Gasteiger partial charge >= 0.3 is 0 Å². The van der Waals surface area contributed by atoms with Crippen LogP contribution in [0.25, 0.3) is 0 Å². The summed E-state index contributed by atoms with van der Waals surface area (Å²) in [6.07, 6.45) is 0.768. The molecular weight excluding hydrogens is 252 g/mol. The van der Waals surface area contributed by atoms with Crippen molar-refractivity contribution in [2.45, 2.75) is 32.8 Å². The molecule has 0 amide bonds. The summed E-state index contributed by atoms with van der Waals surface area (Å²) in [6.45, 7) is 6.69. The fourth-order valence-electron chi connectivity index (χ4n) is 1.09. The third-order valence-electron chi connectivity index (χ3n) is 2.29. The summed E-state index contributed by atoms with van der Waals surface area (Å²) >= 11 is 0. The predicted octanol–water partition coefficient (Wildman–Crippen LogP) is 2.02. The minimum Gasteiger partial charge on any atom is -0.381 e. The fourth-order valence-corrected chi connectivity index (χ4v) is 2.51. The maximum atomic E-state index is 10.8. The Kier molecular flexibility index (Phi) is 6.86. The van der Waals surface area contributed by atoms with Crippen LogP contribution in [-0.2, 0) is 18.5 Å². The van der Waals surface area contributed by atoms with Crippen LogP contribution in [0, 0.1) is 5.92 Å². The van der Waals surface area contributed by atoms with Crippen molar-refractivity contribution < 1.29 is 17.9 Å². The maximum Gasteiger partial charge on any atom is 0.232 e. The number of hydrogen-bond acceptors (Lipinski definition) is 4. The third kappa shape index (κ3) is 9.39. The molecule has 16 heavy (non-hydrogen) atoms. The lowest BCUT2D eigenvalue weighted by Crippen LogP contribution is -2.25. The number of ether oxygens (including phenoxy) is 2. The Morgan fingerprint density at radius 1 is 1.38 bits per heavy atom. The van der Waals surface area contributed by atoms with Crippen LogP contribution >= 0.6 is 10.7 Å². The molecule has 0 bridgehead atoms. The molecule has 6 heteroatoms. The van der Waals surface area contributed by atoms with Gasteiger partial charge in [-0.1, -0.05) is 6.92 Å². The van der Waals surface area contributed by atoms with Crippen molar-refractivity contribution in [1.29, 1.82) is 0 Å². The molecule has 0 aliphatic carbocycles. The van der Waals surface area contributed by atoms with Crippen molar-refractivity contribution >= 4 is 19.7 Å². The van der Waals surface area contributed by atoms with Crippen LogP contribution in [0.3, 0.4) is 0 Å².